The topological polar surface area (TPSA) is 39.2 Å². The minimum Gasteiger partial charge on any atom is -0.466 e. The molecule has 0 aromatic carbocycles. The third-order valence-corrected chi connectivity index (χ3v) is 2.47. The molecule has 1 unspecified atom stereocenters. The average molecular weight is 246 g/mol. The van der Waals surface area contributed by atoms with Crippen LogP contribution in [0.25, 0.3) is 0 Å². The molecule has 74 valence electrons. The Kier molecular flexibility index (Phi) is 3.19. The minimum atomic E-state index is -0.0237. The molecule has 0 fully saturated rings. The van der Waals surface area contributed by atoms with Crippen molar-refractivity contribution in [2.24, 2.45) is 11.1 Å². The van der Waals surface area contributed by atoms with Crippen LogP contribution in [0, 0.1) is 5.41 Å². The van der Waals surface area contributed by atoms with Gasteiger partial charge in [-0.05, 0) is 33.8 Å². The molecule has 0 saturated heterocycles. The van der Waals surface area contributed by atoms with Gasteiger partial charge in [-0.2, -0.15) is 0 Å². The summed E-state index contributed by atoms with van der Waals surface area (Å²) in [5.41, 5.74) is 6.23. The number of furan rings is 1. The lowest BCUT2D eigenvalue weighted by Gasteiger charge is -2.21. The zero-order chi connectivity index (χ0) is 10.1. The van der Waals surface area contributed by atoms with E-state index in [9.17, 15) is 0 Å². The number of hydrogen-bond acceptors (Lipinski definition) is 2. The van der Waals surface area contributed by atoms with Crippen LogP contribution in [0.3, 0.4) is 0 Å². The molecule has 0 amide bonds. The van der Waals surface area contributed by atoms with E-state index >= 15 is 0 Å². The molecule has 0 aliphatic rings. The van der Waals surface area contributed by atoms with E-state index in [1.807, 2.05) is 6.07 Å². The summed E-state index contributed by atoms with van der Waals surface area (Å²) in [5.74, 6) is 0.843. The summed E-state index contributed by atoms with van der Waals surface area (Å²) < 4.78 is 6.26. The summed E-state index contributed by atoms with van der Waals surface area (Å²) in [6.07, 6.45) is 2.57. The highest BCUT2D eigenvalue weighted by Gasteiger charge is 2.20. The fourth-order valence-corrected chi connectivity index (χ4v) is 1.82. The number of nitrogens with two attached hydrogens (primary N) is 1. The van der Waals surface area contributed by atoms with E-state index in [-0.39, 0.29) is 11.5 Å². The van der Waals surface area contributed by atoms with Gasteiger partial charge < -0.3 is 10.2 Å². The molecule has 2 nitrogen and oxygen atoms in total. The van der Waals surface area contributed by atoms with E-state index in [4.69, 9.17) is 10.2 Å². The lowest BCUT2D eigenvalue weighted by molar-refractivity contribution is 0.316. The van der Waals surface area contributed by atoms with Crippen molar-refractivity contribution in [3.8, 4) is 0 Å². The Morgan fingerprint density at radius 3 is 2.54 bits per heavy atom. The summed E-state index contributed by atoms with van der Waals surface area (Å²) in [6.45, 7) is 6.51. The first-order valence-corrected chi connectivity index (χ1v) is 5.18. The van der Waals surface area contributed by atoms with Gasteiger partial charge in [0.15, 0.2) is 0 Å². The van der Waals surface area contributed by atoms with Crippen LogP contribution in [-0.2, 0) is 0 Å². The Morgan fingerprint density at radius 1 is 1.54 bits per heavy atom. The van der Waals surface area contributed by atoms with E-state index in [0.29, 0.717) is 0 Å². The highest BCUT2D eigenvalue weighted by atomic mass is 79.9. The molecule has 1 heterocycles. The van der Waals surface area contributed by atoms with Gasteiger partial charge in [0.2, 0.25) is 0 Å². The van der Waals surface area contributed by atoms with Gasteiger partial charge in [-0.25, -0.2) is 0 Å². The first-order chi connectivity index (χ1) is 5.90. The third kappa shape index (κ3) is 3.16. The second kappa shape index (κ2) is 3.84. The van der Waals surface area contributed by atoms with Gasteiger partial charge in [-0.3, -0.25) is 0 Å². The Hall–Kier alpha value is -0.280. The van der Waals surface area contributed by atoms with Crippen molar-refractivity contribution in [1.82, 2.24) is 0 Å². The maximum atomic E-state index is 6.00. The fourth-order valence-electron chi connectivity index (χ4n) is 1.32. The Balaban J connectivity index is 2.69. The van der Waals surface area contributed by atoms with Crippen LogP contribution in [0.15, 0.2) is 21.2 Å². The molecule has 0 spiro atoms. The summed E-state index contributed by atoms with van der Waals surface area (Å²) in [5, 5.41) is 0. The average Bonchev–Trinajstić information content (AvgIpc) is 2.30. The Labute approximate surface area is 87.6 Å². The van der Waals surface area contributed by atoms with Crippen molar-refractivity contribution in [1.29, 1.82) is 0 Å². The van der Waals surface area contributed by atoms with Crippen LogP contribution < -0.4 is 5.73 Å². The minimum absolute atomic E-state index is 0.0237. The van der Waals surface area contributed by atoms with E-state index in [0.717, 1.165) is 16.7 Å². The SMILES string of the molecule is CC(C)(C)CC(N)c1occc1Br. The van der Waals surface area contributed by atoms with Crippen LogP contribution in [0.5, 0.6) is 0 Å². The normalized spacial score (nSPS) is 14.5. The largest absolute Gasteiger partial charge is 0.466 e. The monoisotopic (exact) mass is 245 g/mol. The summed E-state index contributed by atoms with van der Waals surface area (Å²) in [4.78, 5) is 0. The highest BCUT2D eigenvalue weighted by molar-refractivity contribution is 9.10. The molecular formula is C10H16BrNO. The lowest BCUT2D eigenvalue weighted by atomic mass is 9.88. The molecule has 3 heteroatoms. The molecule has 0 radical (unpaired) electrons. The molecule has 1 aromatic heterocycles. The van der Waals surface area contributed by atoms with Crippen molar-refractivity contribution < 1.29 is 4.42 Å². The Morgan fingerprint density at radius 2 is 2.15 bits per heavy atom. The van der Waals surface area contributed by atoms with Crippen LogP contribution in [0.4, 0.5) is 0 Å². The van der Waals surface area contributed by atoms with Gasteiger partial charge in [-0.15, -0.1) is 0 Å². The van der Waals surface area contributed by atoms with E-state index in [2.05, 4.69) is 36.7 Å². The van der Waals surface area contributed by atoms with E-state index in [1.165, 1.54) is 0 Å². The quantitative estimate of drug-likeness (QED) is 0.867. The van der Waals surface area contributed by atoms with Crippen LogP contribution in [0.1, 0.15) is 39.0 Å². The van der Waals surface area contributed by atoms with Gasteiger partial charge in [0.25, 0.3) is 0 Å². The molecule has 13 heavy (non-hydrogen) atoms. The first-order valence-electron chi connectivity index (χ1n) is 4.38. The second-order valence-electron chi connectivity index (χ2n) is 4.50. The number of halogens is 1. The fraction of sp³-hybridized carbons (Fsp3) is 0.600. The van der Waals surface area contributed by atoms with Gasteiger partial charge in [0.1, 0.15) is 5.76 Å². The van der Waals surface area contributed by atoms with Crippen molar-refractivity contribution in [2.75, 3.05) is 0 Å². The van der Waals surface area contributed by atoms with E-state index < -0.39 is 0 Å². The van der Waals surface area contributed by atoms with Gasteiger partial charge >= 0.3 is 0 Å². The van der Waals surface area contributed by atoms with Crippen molar-refractivity contribution in [3.63, 3.8) is 0 Å². The summed E-state index contributed by atoms with van der Waals surface area (Å²) in [7, 11) is 0. The zero-order valence-electron chi connectivity index (χ0n) is 8.30. The molecule has 1 aromatic rings. The molecule has 1 rings (SSSR count). The summed E-state index contributed by atoms with van der Waals surface area (Å²) in [6, 6.07) is 1.85. The zero-order valence-corrected chi connectivity index (χ0v) is 9.89. The van der Waals surface area contributed by atoms with Crippen LogP contribution in [0.2, 0.25) is 0 Å². The summed E-state index contributed by atoms with van der Waals surface area (Å²) >= 11 is 3.40. The molecule has 0 saturated carbocycles. The van der Waals surface area contributed by atoms with Crippen molar-refractivity contribution in [3.05, 3.63) is 22.6 Å². The second-order valence-corrected chi connectivity index (χ2v) is 5.36. The van der Waals surface area contributed by atoms with Gasteiger partial charge in [0.05, 0.1) is 16.8 Å². The molecule has 2 N–H and O–H groups in total. The van der Waals surface area contributed by atoms with E-state index in [1.54, 1.807) is 6.26 Å². The van der Waals surface area contributed by atoms with Crippen LogP contribution >= 0.6 is 15.9 Å². The predicted octanol–water partition coefficient (Wildman–Crippen LogP) is 3.48. The Bertz CT molecular complexity index is 275. The van der Waals surface area contributed by atoms with Crippen molar-refractivity contribution >= 4 is 15.9 Å². The predicted molar refractivity (Wildman–Crippen MR) is 57.4 cm³/mol. The molecule has 0 aliphatic carbocycles. The smallest absolute Gasteiger partial charge is 0.134 e. The first kappa shape index (κ1) is 10.8. The van der Waals surface area contributed by atoms with Crippen molar-refractivity contribution in [2.45, 2.75) is 33.2 Å². The maximum Gasteiger partial charge on any atom is 0.134 e. The van der Waals surface area contributed by atoms with Gasteiger partial charge in [-0.1, -0.05) is 20.8 Å². The standard InChI is InChI=1S/C10H16BrNO/c1-10(2,3)6-8(12)9-7(11)4-5-13-9/h4-5,8H,6,12H2,1-3H3. The molecule has 0 bridgehead atoms. The molecular weight excluding hydrogens is 230 g/mol. The third-order valence-electron chi connectivity index (χ3n) is 1.81. The maximum absolute atomic E-state index is 6.00. The van der Waals surface area contributed by atoms with Crippen LogP contribution in [-0.4, -0.2) is 0 Å². The molecule has 1 atom stereocenters. The van der Waals surface area contributed by atoms with Gasteiger partial charge in [0, 0.05) is 0 Å². The lowest BCUT2D eigenvalue weighted by Crippen LogP contribution is -2.18. The molecule has 0 aliphatic heterocycles. The number of hydrogen-bond donors (Lipinski definition) is 1. The number of rotatable bonds is 2. The highest BCUT2D eigenvalue weighted by Crippen LogP contribution is 2.31.